The van der Waals surface area contributed by atoms with Gasteiger partial charge in [0.15, 0.2) is 6.54 Å². The van der Waals surface area contributed by atoms with Gasteiger partial charge in [0.25, 0.3) is 0 Å². The predicted octanol–water partition coefficient (Wildman–Crippen LogP) is 1.32. The number of aryl methyl sites for hydroxylation is 1. The van der Waals surface area contributed by atoms with Crippen LogP contribution in [0.3, 0.4) is 0 Å². The summed E-state index contributed by atoms with van der Waals surface area (Å²) in [6.07, 6.45) is 2.41. The number of hydrogen-bond acceptors (Lipinski definition) is 3. The van der Waals surface area contributed by atoms with E-state index in [0.717, 1.165) is 31.0 Å². The first-order valence-electron chi connectivity index (χ1n) is 5.85. The highest BCUT2D eigenvalue weighted by Crippen LogP contribution is 2.19. The van der Waals surface area contributed by atoms with E-state index in [-0.39, 0.29) is 0 Å². The highest BCUT2D eigenvalue weighted by molar-refractivity contribution is 5.42. The zero-order valence-electron chi connectivity index (χ0n) is 9.92. The van der Waals surface area contributed by atoms with Crippen molar-refractivity contribution in [3.05, 3.63) is 16.3 Å². The summed E-state index contributed by atoms with van der Waals surface area (Å²) >= 11 is 0. The number of hydrogen-bond donors (Lipinski definition) is 2. The van der Waals surface area contributed by atoms with Crippen molar-refractivity contribution in [3.63, 3.8) is 0 Å². The van der Waals surface area contributed by atoms with Gasteiger partial charge in [-0.1, -0.05) is 0 Å². The molecule has 5 heteroatoms. The normalized spacial score (nSPS) is 17.6. The lowest BCUT2D eigenvalue weighted by Gasteiger charge is -2.19. The van der Waals surface area contributed by atoms with Crippen molar-refractivity contribution in [2.24, 2.45) is 11.1 Å². The Balaban J connectivity index is 2.11. The van der Waals surface area contributed by atoms with Crippen molar-refractivity contribution in [3.8, 4) is 0 Å². The van der Waals surface area contributed by atoms with Crippen LogP contribution in [0.4, 0.5) is 5.69 Å². The molecule has 1 aromatic heterocycles. The van der Waals surface area contributed by atoms with E-state index in [0.29, 0.717) is 11.6 Å². The molecule has 2 heterocycles. The van der Waals surface area contributed by atoms with Gasteiger partial charge in [-0.05, 0) is 38.0 Å². The first-order chi connectivity index (χ1) is 7.72. The SMILES string of the molecule is Cc1[nH][n+](CC2CCNCC2)c(C)c1N=O. The van der Waals surface area contributed by atoms with Crippen molar-refractivity contribution in [2.45, 2.75) is 33.2 Å². The first kappa shape index (κ1) is 11.3. The van der Waals surface area contributed by atoms with Crippen molar-refractivity contribution in [2.75, 3.05) is 13.1 Å². The summed E-state index contributed by atoms with van der Waals surface area (Å²) in [5, 5.41) is 9.64. The van der Waals surface area contributed by atoms with Crippen molar-refractivity contribution in [1.29, 1.82) is 0 Å². The molecule has 0 unspecified atom stereocenters. The third-order valence-corrected chi connectivity index (χ3v) is 3.40. The predicted molar refractivity (Wildman–Crippen MR) is 61.5 cm³/mol. The highest BCUT2D eigenvalue weighted by atomic mass is 16.3. The monoisotopic (exact) mass is 223 g/mol. The first-order valence-corrected chi connectivity index (χ1v) is 5.85. The molecule has 1 fully saturated rings. The Hall–Kier alpha value is -1.23. The molecule has 0 atom stereocenters. The van der Waals surface area contributed by atoms with E-state index in [4.69, 9.17) is 0 Å². The Kier molecular flexibility index (Phi) is 3.33. The fraction of sp³-hybridized carbons (Fsp3) is 0.727. The van der Waals surface area contributed by atoms with Gasteiger partial charge in [0.2, 0.25) is 11.4 Å². The van der Waals surface area contributed by atoms with Crippen LogP contribution in [0.15, 0.2) is 5.18 Å². The molecule has 0 bridgehead atoms. The molecule has 0 aromatic carbocycles. The average molecular weight is 223 g/mol. The Labute approximate surface area is 95.2 Å². The van der Waals surface area contributed by atoms with Gasteiger partial charge in [-0.15, -0.1) is 9.59 Å². The van der Waals surface area contributed by atoms with Crippen molar-refractivity contribution < 1.29 is 4.68 Å². The molecule has 0 spiro atoms. The van der Waals surface area contributed by atoms with E-state index in [1.165, 1.54) is 12.8 Å². The summed E-state index contributed by atoms with van der Waals surface area (Å²) in [6.45, 7) is 7.00. The maximum atomic E-state index is 10.7. The molecule has 0 aliphatic carbocycles. The van der Waals surface area contributed by atoms with Gasteiger partial charge in [-0.2, -0.15) is 5.10 Å². The van der Waals surface area contributed by atoms with Gasteiger partial charge in [-0.25, -0.2) is 0 Å². The summed E-state index contributed by atoms with van der Waals surface area (Å²) in [6, 6.07) is 0. The molecule has 5 nitrogen and oxygen atoms in total. The molecule has 0 amide bonds. The molecule has 88 valence electrons. The second-order valence-electron chi connectivity index (χ2n) is 4.57. The summed E-state index contributed by atoms with van der Waals surface area (Å²) in [5.41, 5.74) is 2.38. The Morgan fingerprint density at radius 2 is 2.06 bits per heavy atom. The maximum Gasteiger partial charge on any atom is 0.234 e. The number of rotatable bonds is 3. The van der Waals surface area contributed by atoms with E-state index in [1.54, 1.807) is 0 Å². The molecular weight excluding hydrogens is 204 g/mol. The van der Waals surface area contributed by atoms with Crippen LogP contribution in [0.25, 0.3) is 0 Å². The van der Waals surface area contributed by atoms with Gasteiger partial charge >= 0.3 is 0 Å². The van der Waals surface area contributed by atoms with Crippen LogP contribution in [-0.2, 0) is 6.54 Å². The van der Waals surface area contributed by atoms with Crippen LogP contribution in [-0.4, -0.2) is 18.2 Å². The molecule has 2 rings (SSSR count). The van der Waals surface area contributed by atoms with Crippen LogP contribution < -0.4 is 10.00 Å². The Bertz CT molecular complexity index is 380. The molecule has 1 aliphatic rings. The van der Waals surface area contributed by atoms with Gasteiger partial charge in [0.1, 0.15) is 5.69 Å². The zero-order valence-corrected chi connectivity index (χ0v) is 9.92. The van der Waals surface area contributed by atoms with Crippen LogP contribution >= 0.6 is 0 Å². The number of aromatic nitrogens is 2. The quantitative estimate of drug-likeness (QED) is 0.599. The second-order valence-corrected chi connectivity index (χ2v) is 4.57. The fourth-order valence-electron chi connectivity index (χ4n) is 2.38. The minimum atomic E-state index is 0.564. The van der Waals surface area contributed by atoms with Crippen molar-refractivity contribution >= 4 is 5.69 Å². The van der Waals surface area contributed by atoms with Crippen LogP contribution in [0.5, 0.6) is 0 Å². The van der Waals surface area contributed by atoms with Crippen molar-refractivity contribution in [1.82, 2.24) is 10.4 Å². The number of nitroso groups, excluding NO2 is 1. The zero-order chi connectivity index (χ0) is 11.5. The average Bonchev–Trinajstić information content (AvgIpc) is 2.55. The van der Waals surface area contributed by atoms with Crippen LogP contribution in [0, 0.1) is 24.7 Å². The molecule has 0 saturated carbocycles. The topological polar surface area (TPSA) is 61.1 Å². The van der Waals surface area contributed by atoms with E-state index >= 15 is 0 Å². The lowest BCUT2D eigenvalue weighted by molar-refractivity contribution is -0.761. The van der Waals surface area contributed by atoms with E-state index in [2.05, 4.69) is 20.3 Å². The Morgan fingerprint density at radius 3 is 2.62 bits per heavy atom. The third kappa shape index (κ3) is 2.14. The molecule has 1 aromatic rings. The summed E-state index contributed by atoms with van der Waals surface area (Å²) in [4.78, 5) is 10.7. The van der Waals surface area contributed by atoms with Gasteiger partial charge in [0, 0.05) is 12.8 Å². The third-order valence-electron chi connectivity index (χ3n) is 3.40. The lowest BCUT2D eigenvalue weighted by atomic mass is 9.98. The van der Waals surface area contributed by atoms with Crippen LogP contribution in [0.1, 0.15) is 24.2 Å². The fourth-order valence-corrected chi connectivity index (χ4v) is 2.38. The Morgan fingerprint density at radius 1 is 1.38 bits per heavy atom. The highest BCUT2D eigenvalue weighted by Gasteiger charge is 2.24. The largest absolute Gasteiger partial charge is 0.317 e. The molecule has 16 heavy (non-hydrogen) atoms. The van der Waals surface area contributed by atoms with E-state index < -0.39 is 0 Å². The van der Waals surface area contributed by atoms with Gasteiger partial charge in [-0.3, -0.25) is 0 Å². The van der Waals surface area contributed by atoms with Crippen LogP contribution in [0.2, 0.25) is 0 Å². The molecular formula is C11H19N4O+. The van der Waals surface area contributed by atoms with E-state index in [9.17, 15) is 4.91 Å². The van der Waals surface area contributed by atoms with Gasteiger partial charge < -0.3 is 5.32 Å². The summed E-state index contributed by atoms with van der Waals surface area (Å²) in [5.74, 6) is 0.697. The minimum Gasteiger partial charge on any atom is -0.317 e. The lowest BCUT2D eigenvalue weighted by Crippen LogP contribution is -2.44. The molecule has 1 saturated heterocycles. The summed E-state index contributed by atoms with van der Waals surface area (Å²) < 4.78 is 2.06. The number of aromatic amines is 1. The minimum absolute atomic E-state index is 0.564. The number of H-pyrrole nitrogens is 1. The summed E-state index contributed by atoms with van der Waals surface area (Å²) in [7, 11) is 0. The van der Waals surface area contributed by atoms with Gasteiger partial charge in [0.05, 0.1) is 0 Å². The maximum absolute atomic E-state index is 10.7. The number of piperidine rings is 1. The number of nitrogens with zero attached hydrogens (tertiary/aromatic N) is 2. The molecule has 2 N–H and O–H groups in total. The number of nitrogens with one attached hydrogen (secondary N) is 2. The standard InChI is InChI=1S/C11H18N4O/c1-8-11(14-16)9(2)15(13-8)7-10-3-5-12-6-4-10/h10,12H,3-7H2,1-2H3/p+1. The smallest absolute Gasteiger partial charge is 0.234 e. The molecule has 1 aliphatic heterocycles. The second kappa shape index (κ2) is 4.74. The molecule has 0 radical (unpaired) electrons. The van der Waals surface area contributed by atoms with E-state index in [1.807, 2.05) is 13.8 Å².